The minimum absolute atomic E-state index is 0.00893. The molecule has 0 aromatic carbocycles. The fourth-order valence-corrected chi connectivity index (χ4v) is 2.44. The predicted octanol–water partition coefficient (Wildman–Crippen LogP) is 1.19. The molecular formula is C14H22N4O. The van der Waals surface area contributed by atoms with E-state index in [9.17, 15) is 4.79 Å². The molecule has 1 aromatic heterocycles. The highest BCUT2D eigenvalue weighted by atomic mass is 16.1. The molecule has 1 amide bonds. The van der Waals surface area contributed by atoms with Crippen molar-refractivity contribution >= 4 is 11.6 Å². The summed E-state index contributed by atoms with van der Waals surface area (Å²) in [6, 6.07) is 4.06. The van der Waals surface area contributed by atoms with Crippen LogP contribution in [-0.4, -0.2) is 24.0 Å². The summed E-state index contributed by atoms with van der Waals surface area (Å²) >= 11 is 0. The summed E-state index contributed by atoms with van der Waals surface area (Å²) in [6.45, 7) is 3.76. The van der Waals surface area contributed by atoms with Gasteiger partial charge >= 0.3 is 0 Å². The van der Waals surface area contributed by atoms with E-state index < -0.39 is 0 Å². The van der Waals surface area contributed by atoms with E-state index in [2.05, 4.69) is 22.9 Å². The van der Waals surface area contributed by atoms with Crippen molar-refractivity contribution < 1.29 is 4.79 Å². The van der Waals surface area contributed by atoms with Crippen molar-refractivity contribution in [2.75, 3.05) is 18.0 Å². The van der Waals surface area contributed by atoms with Gasteiger partial charge in [0.2, 0.25) is 5.91 Å². The van der Waals surface area contributed by atoms with Crippen LogP contribution in [0.2, 0.25) is 0 Å². The second kappa shape index (κ2) is 6.02. The quantitative estimate of drug-likeness (QED) is 0.853. The van der Waals surface area contributed by atoms with Crippen LogP contribution in [0.4, 0.5) is 5.69 Å². The van der Waals surface area contributed by atoms with Crippen molar-refractivity contribution in [1.29, 1.82) is 0 Å². The molecule has 0 spiro atoms. The van der Waals surface area contributed by atoms with Crippen LogP contribution in [-0.2, 0) is 4.79 Å². The molecule has 5 heteroatoms. The van der Waals surface area contributed by atoms with E-state index in [1.54, 1.807) is 0 Å². The number of anilines is 1. The Bertz CT molecular complexity index is 424. The van der Waals surface area contributed by atoms with Crippen LogP contribution in [0.1, 0.15) is 37.9 Å². The predicted molar refractivity (Wildman–Crippen MR) is 75.6 cm³/mol. The van der Waals surface area contributed by atoms with Crippen molar-refractivity contribution in [1.82, 2.24) is 4.98 Å². The molecule has 1 saturated heterocycles. The number of hydrogen-bond acceptors (Lipinski definition) is 4. The molecule has 4 N–H and O–H groups in total. The summed E-state index contributed by atoms with van der Waals surface area (Å²) in [5.41, 5.74) is 13.3. The monoisotopic (exact) mass is 262 g/mol. The molecule has 19 heavy (non-hydrogen) atoms. The summed E-state index contributed by atoms with van der Waals surface area (Å²) in [6.07, 6.45) is 4.41. The van der Waals surface area contributed by atoms with Crippen molar-refractivity contribution in [3.05, 3.63) is 24.0 Å². The van der Waals surface area contributed by atoms with Crippen LogP contribution >= 0.6 is 0 Å². The van der Waals surface area contributed by atoms with Gasteiger partial charge in [0.1, 0.15) is 0 Å². The SMILES string of the molecule is CC[C@@H](N)c1ccc(N2CCC(C(N)=O)CC2)cn1. The number of hydrogen-bond donors (Lipinski definition) is 2. The van der Waals surface area contributed by atoms with Gasteiger partial charge in [0.05, 0.1) is 17.6 Å². The van der Waals surface area contributed by atoms with Crippen molar-refractivity contribution in [2.45, 2.75) is 32.2 Å². The van der Waals surface area contributed by atoms with E-state index in [1.165, 1.54) is 0 Å². The smallest absolute Gasteiger partial charge is 0.220 e. The van der Waals surface area contributed by atoms with E-state index in [0.717, 1.165) is 43.7 Å². The Morgan fingerprint density at radius 3 is 2.63 bits per heavy atom. The molecule has 2 rings (SSSR count). The Morgan fingerprint density at radius 1 is 1.47 bits per heavy atom. The molecule has 1 aliphatic rings. The van der Waals surface area contributed by atoms with Crippen LogP contribution in [0.25, 0.3) is 0 Å². The zero-order valence-electron chi connectivity index (χ0n) is 11.4. The summed E-state index contributed by atoms with van der Waals surface area (Å²) in [5, 5.41) is 0. The van der Waals surface area contributed by atoms with Crippen LogP contribution in [0.15, 0.2) is 18.3 Å². The number of carbonyl (C=O) groups is 1. The lowest BCUT2D eigenvalue weighted by atomic mass is 9.96. The summed E-state index contributed by atoms with van der Waals surface area (Å²) in [5.74, 6) is -0.154. The Balaban J connectivity index is 1.98. The average Bonchev–Trinajstić information content (AvgIpc) is 2.46. The highest BCUT2D eigenvalue weighted by Gasteiger charge is 2.23. The van der Waals surface area contributed by atoms with Gasteiger partial charge in [-0.3, -0.25) is 9.78 Å². The number of amides is 1. The second-order valence-electron chi connectivity index (χ2n) is 5.12. The third-order valence-corrected chi connectivity index (χ3v) is 3.85. The first-order valence-electron chi connectivity index (χ1n) is 6.87. The van der Waals surface area contributed by atoms with Crippen LogP contribution in [0, 0.1) is 5.92 Å². The number of aromatic nitrogens is 1. The molecule has 1 aliphatic heterocycles. The van der Waals surface area contributed by atoms with E-state index in [4.69, 9.17) is 11.5 Å². The number of rotatable bonds is 4. The fraction of sp³-hybridized carbons (Fsp3) is 0.571. The van der Waals surface area contributed by atoms with E-state index in [-0.39, 0.29) is 17.9 Å². The minimum atomic E-state index is -0.179. The summed E-state index contributed by atoms with van der Waals surface area (Å²) in [7, 11) is 0. The molecule has 104 valence electrons. The van der Waals surface area contributed by atoms with Gasteiger partial charge in [-0.2, -0.15) is 0 Å². The largest absolute Gasteiger partial charge is 0.370 e. The molecule has 1 aromatic rings. The molecule has 5 nitrogen and oxygen atoms in total. The van der Waals surface area contributed by atoms with E-state index in [0.29, 0.717) is 0 Å². The van der Waals surface area contributed by atoms with Gasteiger partial charge in [0.25, 0.3) is 0 Å². The maximum atomic E-state index is 11.1. The Kier molecular flexibility index (Phi) is 4.37. The Morgan fingerprint density at radius 2 is 2.16 bits per heavy atom. The highest BCUT2D eigenvalue weighted by molar-refractivity contribution is 5.77. The third-order valence-electron chi connectivity index (χ3n) is 3.85. The minimum Gasteiger partial charge on any atom is -0.370 e. The number of pyridine rings is 1. The first kappa shape index (κ1) is 13.8. The summed E-state index contributed by atoms with van der Waals surface area (Å²) < 4.78 is 0. The van der Waals surface area contributed by atoms with Gasteiger partial charge in [-0.05, 0) is 31.4 Å². The molecule has 1 fully saturated rings. The van der Waals surface area contributed by atoms with Gasteiger partial charge < -0.3 is 16.4 Å². The van der Waals surface area contributed by atoms with Gasteiger partial charge in [0, 0.05) is 25.0 Å². The standard InChI is InChI=1S/C14H22N4O/c1-2-12(15)13-4-3-11(9-17-13)18-7-5-10(6-8-18)14(16)19/h3-4,9-10,12H,2,5-8,15H2,1H3,(H2,16,19)/t12-/m1/s1. The lowest BCUT2D eigenvalue weighted by Crippen LogP contribution is -2.38. The van der Waals surface area contributed by atoms with Gasteiger partial charge in [-0.25, -0.2) is 0 Å². The van der Waals surface area contributed by atoms with Gasteiger partial charge in [-0.15, -0.1) is 0 Å². The van der Waals surface area contributed by atoms with Crippen molar-refractivity contribution in [2.24, 2.45) is 17.4 Å². The van der Waals surface area contributed by atoms with Crippen LogP contribution < -0.4 is 16.4 Å². The van der Waals surface area contributed by atoms with Crippen molar-refractivity contribution in [3.63, 3.8) is 0 Å². The molecule has 1 atom stereocenters. The lowest BCUT2D eigenvalue weighted by molar-refractivity contribution is -0.122. The number of carbonyl (C=O) groups excluding carboxylic acids is 1. The fourth-order valence-electron chi connectivity index (χ4n) is 2.44. The molecule has 0 radical (unpaired) electrons. The molecule has 2 heterocycles. The second-order valence-corrected chi connectivity index (χ2v) is 5.12. The molecule has 0 unspecified atom stereocenters. The van der Waals surface area contributed by atoms with Crippen LogP contribution in [0.5, 0.6) is 0 Å². The van der Waals surface area contributed by atoms with E-state index >= 15 is 0 Å². The molecule has 0 aliphatic carbocycles. The van der Waals surface area contributed by atoms with E-state index in [1.807, 2.05) is 12.3 Å². The number of nitrogens with zero attached hydrogens (tertiary/aromatic N) is 2. The van der Waals surface area contributed by atoms with Gasteiger partial charge in [0.15, 0.2) is 0 Å². The average molecular weight is 262 g/mol. The normalized spacial score (nSPS) is 18.3. The number of nitrogens with two attached hydrogens (primary N) is 2. The third kappa shape index (κ3) is 3.23. The lowest BCUT2D eigenvalue weighted by Gasteiger charge is -2.32. The van der Waals surface area contributed by atoms with Crippen molar-refractivity contribution in [3.8, 4) is 0 Å². The van der Waals surface area contributed by atoms with Crippen LogP contribution in [0.3, 0.4) is 0 Å². The first-order chi connectivity index (χ1) is 9.11. The number of piperidine rings is 1. The molecular weight excluding hydrogens is 240 g/mol. The zero-order chi connectivity index (χ0) is 13.8. The number of primary amides is 1. The Labute approximate surface area is 114 Å². The zero-order valence-corrected chi connectivity index (χ0v) is 11.4. The topological polar surface area (TPSA) is 85.2 Å². The molecule has 0 bridgehead atoms. The maximum absolute atomic E-state index is 11.1. The maximum Gasteiger partial charge on any atom is 0.220 e. The van der Waals surface area contributed by atoms with Gasteiger partial charge in [-0.1, -0.05) is 6.92 Å². The Hall–Kier alpha value is -1.62. The molecule has 0 saturated carbocycles. The summed E-state index contributed by atoms with van der Waals surface area (Å²) in [4.78, 5) is 17.8. The first-order valence-corrected chi connectivity index (χ1v) is 6.87. The highest BCUT2D eigenvalue weighted by Crippen LogP contribution is 2.23.